The summed E-state index contributed by atoms with van der Waals surface area (Å²) in [5.41, 5.74) is 1.83. The van der Waals surface area contributed by atoms with Gasteiger partial charge >= 0.3 is 0 Å². The Morgan fingerprint density at radius 1 is 1.08 bits per heavy atom. The number of carbonyl (C=O) groups excluding carboxylic acids is 2. The smallest absolute Gasteiger partial charge is 0.258 e. The van der Waals surface area contributed by atoms with E-state index in [-0.39, 0.29) is 17.7 Å². The van der Waals surface area contributed by atoms with Gasteiger partial charge in [0.15, 0.2) is 0 Å². The highest BCUT2D eigenvalue weighted by Gasteiger charge is 2.16. The maximum Gasteiger partial charge on any atom is 0.258 e. The molecule has 1 atom stereocenters. The van der Waals surface area contributed by atoms with Gasteiger partial charge in [0, 0.05) is 29.9 Å². The van der Waals surface area contributed by atoms with Gasteiger partial charge in [-0.2, -0.15) is 0 Å². The Morgan fingerprint density at radius 2 is 1.65 bits per heavy atom. The van der Waals surface area contributed by atoms with Crippen LogP contribution in [0.25, 0.3) is 0 Å². The molecule has 0 bridgehead atoms. The Bertz CT molecular complexity index is 750. The third-order valence-electron chi connectivity index (χ3n) is 4.29. The maximum atomic E-state index is 12.3. The van der Waals surface area contributed by atoms with Gasteiger partial charge in [-0.25, -0.2) is 0 Å². The van der Waals surface area contributed by atoms with E-state index < -0.39 is 0 Å². The molecule has 2 amide bonds. The van der Waals surface area contributed by atoms with Crippen LogP contribution in [-0.4, -0.2) is 36.3 Å². The molecule has 0 unspecified atom stereocenters. The molecular weight excluding hydrogens is 330 g/mol. The fraction of sp³-hybridized carbons (Fsp3) is 0.400. The molecule has 0 saturated carbocycles. The molecule has 0 fully saturated rings. The summed E-state index contributed by atoms with van der Waals surface area (Å²) in [6.45, 7) is 8.59. The molecule has 0 aliphatic carbocycles. The minimum Gasteiger partial charge on any atom is -0.469 e. The maximum absolute atomic E-state index is 12.3. The van der Waals surface area contributed by atoms with Crippen molar-refractivity contribution in [3.8, 4) is 0 Å². The lowest BCUT2D eigenvalue weighted by Crippen LogP contribution is -2.35. The summed E-state index contributed by atoms with van der Waals surface area (Å²) in [5.74, 6) is 0.309. The van der Waals surface area contributed by atoms with Gasteiger partial charge in [-0.3, -0.25) is 9.59 Å². The van der Waals surface area contributed by atoms with Gasteiger partial charge in [0.25, 0.3) is 5.91 Å². The van der Waals surface area contributed by atoms with E-state index in [1.807, 2.05) is 14.0 Å². The molecule has 1 aromatic carbocycles. The number of aryl methyl sites for hydroxylation is 1. The number of rotatable bonds is 7. The zero-order valence-electron chi connectivity index (χ0n) is 16.0. The summed E-state index contributed by atoms with van der Waals surface area (Å²) in [6, 6.07) is 9.13. The van der Waals surface area contributed by atoms with Crippen LogP contribution in [0.2, 0.25) is 0 Å². The number of benzene rings is 1. The first-order valence-electron chi connectivity index (χ1n) is 8.74. The highest BCUT2D eigenvalue weighted by atomic mass is 16.3. The number of carbonyl (C=O) groups is 2. The van der Waals surface area contributed by atoms with E-state index in [4.69, 9.17) is 4.42 Å². The van der Waals surface area contributed by atoms with Crippen LogP contribution < -0.4 is 10.6 Å². The number of anilines is 2. The molecular formula is C20H27N3O3. The van der Waals surface area contributed by atoms with Crippen molar-refractivity contribution in [3.63, 3.8) is 0 Å². The van der Waals surface area contributed by atoms with E-state index in [0.717, 1.165) is 0 Å². The quantitative estimate of drug-likeness (QED) is 0.791. The van der Waals surface area contributed by atoms with Crippen molar-refractivity contribution in [2.24, 2.45) is 5.92 Å². The molecule has 6 nitrogen and oxygen atoms in total. The summed E-state index contributed by atoms with van der Waals surface area (Å²) >= 11 is 0. The zero-order valence-corrected chi connectivity index (χ0v) is 16.0. The second-order valence-electron chi connectivity index (χ2n) is 6.90. The molecule has 2 aromatic rings. The number of hydrogen-bond acceptors (Lipinski definition) is 4. The van der Waals surface area contributed by atoms with Gasteiger partial charge in [0.1, 0.15) is 12.0 Å². The van der Waals surface area contributed by atoms with Crippen molar-refractivity contribution >= 4 is 23.2 Å². The molecule has 0 saturated heterocycles. The molecule has 1 heterocycles. The molecule has 140 valence electrons. The van der Waals surface area contributed by atoms with Gasteiger partial charge in [-0.05, 0) is 58.2 Å². The second kappa shape index (κ2) is 8.67. The topological polar surface area (TPSA) is 74.6 Å². The summed E-state index contributed by atoms with van der Waals surface area (Å²) < 4.78 is 5.14. The van der Waals surface area contributed by atoms with E-state index in [2.05, 4.69) is 29.4 Å². The Balaban J connectivity index is 1.90. The second-order valence-corrected chi connectivity index (χ2v) is 6.90. The molecule has 26 heavy (non-hydrogen) atoms. The normalized spacial score (nSPS) is 12.3. The first kappa shape index (κ1) is 19.7. The van der Waals surface area contributed by atoms with Gasteiger partial charge in [0.2, 0.25) is 5.91 Å². The summed E-state index contributed by atoms with van der Waals surface area (Å²) in [4.78, 5) is 26.5. The van der Waals surface area contributed by atoms with Crippen LogP contribution in [0.3, 0.4) is 0 Å². The van der Waals surface area contributed by atoms with E-state index in [1.165, 1.54) is 6.26 Å². The summed E-state index contributed by atoms with van der Waals surface area (Å²) in [5, 5.41) is 5.70. The number of nitrogens with one attached hydrogen (secondary N) is 2. The average Bonchev–Trinajstić information content (AvgIpc) is 3.03. The van der Waals surface area contributed by atoms with E-state index in [1.54, 1.807) is 37.3 Å². The molecule has 0 aliphatic rings. The number of amides is 2. The van der Waals surface area contributed by atoms with Crippen LogP contribution in [0.4, 0.5) is 11.4 Å². The number of nitrogens with zero attached hydrogens (tertiary/aromatic N) is 1. The minimum atomic E-state index is -0.232. The summed E-state index contributed by atoms with van der Waals surface area (Å²) in [7, 11) is 2.01. The zero-order chi connectivity index (χ0) is 19.3. The molecule has 2 rings (SSSR count). The molecule has 0 radical (unpaired) electrons. The molecule has 0 spiro atoms. The molecule has 2 N–H and O–H groups in total. The van der Waals surface area contributed by atoms with Gasteiger partial charge in [-0.1, -0.05) is 6.92 Å². The Kier molecular flexibility index (Phi) is 6.58. The Labute approximate surface area is 154 Å². The molecule has 6 heteroatoms. The predicted octanol–water partition coefficient (Wildman–Crippen LogP) is 3.76. The standard InChI is InChI=1S/C20H27N3O3/c1-13(2)23(5)11-14(3)19(24)21-17-6-8-18(9-7-17)22-20(25)16-10-15(4)26-12-16/h6-10,12-14H,11H2,1-5H3,(H,21,24)(H,22,25)/t14-/m0/s1. The van der Waals surface area contributed by atoms with Crippen molar-refractivity contribution in [1.82, 2.24) is 4.90 Å². The van der Waals surface area contributed by atoms with Crippen LogP contribution in [0, 0.1) is 12.8 Å². The van der Waals surface area contributed by atoms with Crippen LogP contribution in [-0.2, 0) is 4.79 Å². The van der Waals surface area contributed by atoms with Gasteiger partial charge in [-0.15, -0.1) is 0 Å². The minimum absolute atomic E-state index is 0.0249. The summed E-state index contributed by atoms with van der Waals surface area (Å²) in [6.07, 6.45) is 1.43. The lowest BCUT2D eigenvalue weighted by atomic mass is 10.1. The van der Waals surface area contributed by atoms with Crippen LogP contribution in [0.1, 0.15) is 36.9 Å². The predicted molar refractivity (Wildman–Crippen MR) is 103 cm³/mol. The van der Waals surface area contributed by atoms with Crippen molar-refractivity contribution in [2.75, 3.05) is 24.2 Å². The first-order chi connectivity index (χ1) is 12.3. The van der Waals surface area contributed by atoms with E-state index >= 15 is 0 Å². The number of hydrogen-bond donors (Lipinski definition) is 2. The lowest BCUT2D eigenvalue weighted by Gasteiger charge is -2.24. The monoisotopic (exact) mass is 357 g/mol. The average molecular weight is 357 g/mol. The van der Waals surface area contributed by atoms with Gasteiger partial charge < -0.3 is 20.0 Å². The first-order valence-corrected chi connectivity index (χ1v) is 8.74. The molecule has 0 aliphatic heterocycles. The Morgan fingerprint density at radius 3 is 2.15 bits per heavy atom. The van der Waals surface area contributed by atoms with E-state index in [9.17, 15) is 9.59 Å². The van der Waals surface area contributed by atoms with Crippen molar-refractivity contribution < 1.29 is 14.0 Å². The third kappa shape index (κ3) is 5.46. The Hall–Kier alpha value is -2.60. The highest BCUT2D eigenvalue weighted by Crippen LogP contribution is 2.16. The van der Waals surface area contributed by atoms with Gasteiger partial charge in [0.05, 0.1) is 5.56 Å². The van der Waals surface area contributed by atoms with Crippen LogP contribution in [0.15, 0.2) is 41.0 Å². The van der Waals surface area contributed by atoms with Crippen LogP contribution >= 0.6 is 0 Å². The largest absolute Gasteiger partial charge is 0.469 e. The SMILES string of the molecule is Cc1cc(C(=O)Nc2ccc(NC(=O)[C@@H](C)CN(C)C(C)C)cc2)co1. The highest BCUT2D eigenvalue weighted by molar-refractivity contribution is 6.04. The molecule has 1 aromatic heterocycles. The van der Waals surface area contributed by atoms with Crippen molar-refractivity contribution in [3.05, 3.63) is 47.9 Å². The number of furan rings is 1. The fourth-order valence-corrected chi connectivity index (χ4v) is 2.39. The van der Waals surface area contributed by atoms with E-state index in [0.29, 0.717) is 35.3 Å². The van der Waals surface area contributed by atoms with Crippen LogP contribution in [0.5, 0.6) is 0 Å². The van der Waals surface area contributed by atoms with Crippen molar-refractivity contribution in [2.45, 2.75) is 33.7 Å². The lowest BCUT2D eigenvalue weighted by molar-refractivity contribution is -0.120. The van der Waals surface area contributed by atoms with Crippen molar-refractivity contribution in [1.29, 1.82) is 0 Å². The third-order valence-corrected chi connectivity index (χ3v) is 4.29. The fourth-order valence-electron chi connectivity index (χ4n) is 2.39.